The van der Waals surface area contributed by atoms with Crippen LogP contribution in [0, 0.1) is 0 Å². The van der Waals surface area contributed by atoms with Gasteiger partial charge in [-0.3, -0.25) is 14.6 Å². The number of amides is 2. The number of rotatable bonds is 4. The van der Waals surface area contributed by atoms with E-state index in [-0.39, 0.29) is 17.9 Å². The van der Waals surface area contributed by atoms with Gasteiger partial charge in [0.15, 0.2) is 0 Å². The standard InChI is InChI=1S/C25H30N4O2S/c1-25(24(31)27-19-9-5-3-2-4-6-10-19)17-28-20-11-13-32-22(20)14-21(28)23(30)29(25)16-18-8-7-12-26-15-18/h7-8,11-15,19H,2-6,9-10,16-17H2,1H3,(H,27,31). The van der Waals surface area contributed by atoms with Gasteiger partial charge in [-0.25, -0.2) is 0 Å². The maximum Gasteiger partial charge on any atom is 0.271 e. The first-order valence-corrected chi connectivity index (χ1v) is 12.5. The van der Waals surface area contributed by atoms with Crippen molar-refractivity contribution in [2.75, 3.05) is 0 Å². The van der Waals surface area contributed by atoms with Gasteiger partial charge in [-0.1, -0.05) is 38.2 Å². The summed E-state index contributed by atoms with van der Waals surface area (Å²) in [5, 5.41) is 5.38. The molecule has 1 unspecified atom stereocenters. The van der Waals surface area contributed by atoms with Crippen LogP contribution in [-0.2, 0) is 17.9 Å². The fourth-order valence-corrected chi connectivity index (χ4v) is 5.96. The number of thiophene rings is 1. The monoisotopic (exact) mass is 450 g/mol. The predicted octanol–water partition coefficient (Wildman–Crippen LogP) is 4.74. The lowest BCUT2D eigenvalue weighted by molar-refractivity contribution is -0.134. The van der Waals surface area contributed by atoms with Crippen molar-refractivity contribution in [1.29, 1.82) is 0 Å². The lowest BCUT2D eigenvalue weighted by Crippen LogP contribution is -2.64. The first-order chi connectivity index (χ1) is 15.6. The Morgan fingerprint density at radius 1 is 1.22 bits per heavy atom. The van der Waals surface area contributed by atoms with Crippen LogP contribution in [0.2, 0.25) is 0 Å². The predicted molar refractivity (Wildman–Crippen MR) is 127 cm³/mol. The number of hydrogen-bond donors (Lipinski definition) is 1. The number of hydrogen-bond acceptors (Lipinski definition) is 4. The Labute approximate surface area is 192 Å². The minimum Gasteiger partial charge on any atom is -0.351 e. The highest BCUT2D eigenvalue weighted by Gasteiger charge is 2.48. The van der Waals surface area contributed by atoms with E-state index in [1.807, 2.05) is 41.1 Å². The van der Waals surface area contributed by atoms with E-state index in [2.05, 4.69) is 10.3 Å². The zero-order valence-electron chi connectivity index (χ0n) is 18.5. The molecule has 5 rings (SSSR count). The number of carbonyl (C=O) groups excluding carboxylic acids is 2. The molecule has 6 nitrogen and oxygen atoms in total. The maximum atomic E-state index is 13.8. The third-order valence-corrected chi connectivity index (χ3v) is 7.89. The van der Waals surface area contributed by atoms with Crippen LogP contribution in [0.3, 0.4) is 0 Å². The third kappa shape index (κ3) is 3.83. The first kappa shape index (κ1) is 21.2. The highest BCUT2D eigenvalue weighted by atomic mass is 32.1. The molecule has 2 amide bonds. The molecule has 1 saturated carbocycles. The highest BCUT2D eigenvalue weighted by molar-refractivity contribution is 7.17. The largest absolute Gasteiger partial charge is 0.351 e. The van der Waals surface area contributed by atoms with E-state index in [9.17, 15) is 9.59 Å². The van der Waals surface area contributed by atoms with Gasteiger partial charge in [0.25, 0.3) is 5.91 Å². The van der Waals surface area contributed by atoms with Crippen LogP contribution in [-0.4, -0.2) is 37.8 Å². The molecule has 2 aliphatic rings. The summed E-state index contributed by atoms with van der Waals surface area (Å²) in [6, 6.07) is 8.02. The van der Waals surface area contributed by atoms with Crippen molar-refractivity contribution in [2.24, 2.45) is 0 Å². The van der Waals surface area contributed by atoms with Crippen LogP contribution < -0.4 is 5.32 Å². The summed E-state index contributed by atoms with van der Waals surface area (Å²) in [7, 11) is 0. The van der Waals surface area contributed by atoms with Crippen LogP contribution >= 0.6 is 11.3 Å². The van der Waals surface area contributed by atoms with Crippen LogP contribution in [0.5, 0.6) is 0 Å². The summed E-state index contributed by atoms with van der Waals surface area (Å²) in [4.78, 5) is 33.5. The maximum absolute atomic E-state index is 13.8. The smallest absolute Gasteiger partial charge is 0.271 e. The second-order valence-electron chi connectivity index (χ2n) is 9.33. The molecule has 1 atom stereocenters. The van der Waals surface area contributed by atoms with E-state index in [0.717, 1.165) is 41.5 Å². The molecule has 1 fully saturated rings. The second-order valence-corrected chi connectivity index (χ2v) is 10.3. The Morgan fingerprint density at radius 2 is 2.00 bits per heavy atom. The summed E-state index contributed by atoms with van der Waals surface area (Å²) in [5.41, 5.74) is 1.64. The number of fused-ring (bicyclic) bond motifs is 3. The normalized spacial score (nSPS) is 22.4. The summed E-state index contributed by atoms with van der Waals surface area (Å²) in [6.45, 7) is 2.73. The van der Waals surface area contributed by atoms with Gasteiger partial charge in [0.05, 0.1) is 16.8 Å². The zero-order valence-corrected chi connectivity index (χ0v) is 19.4. The average Bonchev–Trinajstić information content (AvgIpc) is 3.36. The van der Waals surface area contributed by atoms with Gasteiger partial charge in [0, 0.05) is 25.0 Å². The SMILES string of the molecule is CC1(C(=O)NC2CCCCCCC2)Cn2c(cc3sccc32)C(=O)N1Cc1cccnc1. The summed E-state index contributed by atoms with van der Waals surface area (Å²) >= 11 is 1.63. The molecule has 0 saturated heterocycles. The van der Waals surface area contributed by atoms with Crippen LogP contribution in [0.25, 0.3) is 10.2 Å². The first-order valence-electron chi connectivity index (χ1n) is 11.6. The van der Waals surface area contributed by atoms with E-state index >= 15 is 0 Å². The van der Waals surface area contributed by atoms with Gasteiger partial charge in [0.2, 0.25) is 5.91 Å². The lowest BCUT2D eigenvalue weighted by Gasteiger charge is -2.44. The molecule has 3 aromatic rings. The minimum atomic E-state index is -0.976. The van der Waals surface area contributed by atoms with Crippen LogP contribution in [0.1, 0.15) is 67.9 Å². The number of aromatic nitrogens is 2. The number of carbonyl (C=O) groups is 2. The van der Waals surface area contributed by atoms with Crippen LogP contribution in [0.15, 0.2) is 42.0 Å². The molecule has 0 aromatic carbocycles. The van der Waals surface area contributed by atoms with Gasteiger partial charge in [-0.05, 0) is 48.9 Å². The summed E-state index contributed by atoms with van der Waals surface area (Å²) in [6.07, 6.45) is 11.6. The molecule has 32 heavy (non-hydrogen) atoms. The minimum absolute atomic E-state index is 0.0527. The van der Waals surface area contributed by atoms with Gasteiger partial charge in [-0.15, -0.1) is 11.3 Å². The van der Waals surface area contributed by atoms with E-state index < -0.39 is 5.54 Å². The quantitative estimate of drug-likeness (QED) is 0.624. The summed E-state index contributed by atoms with van der Waals surface area (Å²) in [5.74, 6) is -0.151. The Bertz CT molecular complexity index is 1110. The molecule has 0 spiro atoms. The Kier molecular flexibility index (Phi) is 5.76. The number of pyridine rings is 1. The topological polar surface area (TPSA) is 67.2 Å². The van der Waals surface area contributed by atoms with Crippen molar-refractivity contribution in [3.8, 4) is 0 Å². The van der Waals surface area contributed by atoms with Crippen molar-refractivity contribution < 1.29 is 9.59 Å². The zero-order chi connectivity index (χ0) is 22.1. The van der Waals surface area contributed by atoms with Gasteiger partial charge in [0.1, 0.15) is 11.2 Å². The van der Waals surface area contributed by atoms with Crippen molar-refractivity contribution in [3.05, 3.63) is 53.3 Å². The number of nitrogens with one attached hydrogen (secondary N) is 1. The lowest BCUT2D eigenvalue weighted by atomic mass is 9.91. The van der Waals surface area contributed by atoms with Crippen molar-refractivity contribution in [1.82, 2.24) is 19.8 Å². The molecule has 168 valence electrons. The van der Waals surface area contributed by atoms with Crippen molar-refractivity contribution >= 4 is 33.4 Å². The molecule has 7 heteroatoms. The van der Waals surface area contributed by atoms with Crippen LogP contribution in [0.4, 0.5) is 0 Å². The van der Waals surface area contributed by atoms with E-state index in [4.69, 9.17) is 0 Å². The van der Waals surface area contributed by atoms with E-state index in [1.165, 1.54) is 19.3 Å². The molecule has 0 bridgehead atoms. The second kappa shape index (κ2) is 8.70. The van der Waals surface area contributed by atoms with Gasteiger partial charge >= 0.3 is 0 Å². The molecular formula is C25H30N4O2S. The van der Waals surface area contributed by atoms with E-state index in [1.54, 1.807) is 28.6 Å². The fraction of sp³-hybridized carbons (Fsp3) is 0.480. The van der Waals surface area contributed by atoms with E-state index in [0.29, 0.717) is 18.8 Å². The molecular weight excluding hydrogens is 420 g/mol. The Balaban J connectivity index is 1.49. The van der Waals surface area contributed by atoms with Crippen molar-refractivity contribution in [2.45, 2.75) is 76.5 Å². The Morgan fingerprint density at radius 3 is 2.75 bits per heavy atom. The highest BCUT2D eigenvalue weighted by Crippen LogP contribution is 2.35. The van der Waals surface area contributed by atoms with Gasteiger partial charge < -0.3 is 14.8 Å². The third-order valence-electron chi connectivity index (χ3n) is 7.04. The number of nitrogens with zero attached hydrogens (tertiary/aromatic N) is 3. The molecule has 0 radical (unpaired) electrons. The average molecular weight is 451 g/mol. The van der Waals surface area contributed by atoms with Gasteiger partial charge in [-0.2, -0.15) is 0 Å². The fourth-order valence-electron chi connectivity index (χ4n) is 5.14. The molecule has 1 aliphatic heterocycles. The molecule has 3 aromatic heterocycles. The Hall–Kier alpha value is -2.67. The molecule has 4 heterocycles. The molecule has 1 aliphatic carbocycles. The molecule has 1 N–H and O–H groups in total. The summed E-state index contributed by atoms with van der Waals surface area (Å²) < 4.78 is 3.12. The van der Waals surface area contributed by atoms with Crippen molar-refractivity contribution in [3.63, 3.8) is 0 Å².